The van der Waals surface area contributed by atoms with E-state index in [1.54, 1.807) is 29.6 Å². The third kappa shape index (κ3) is 5.94. The minimum absolute atomic E-state index is 0.0403. The van der Waals surface area contributed by atoms with Gasteiger partial charge in [0, 0.05) is 37.5 Å². The molecule has 9 heteroatoms. The van der Waals surface area contributed by atoms with Crippen molar-refractivity contribution in [2.75, 3.05) is 19.8 Å². The molecule has 2 aromatic carbocycles. The van der Waals surface area contributed by atoms with E-state index in [0.717, 1.165) is 24.2 Å². The summed E-state index contributed by atoms with van der Waals surface area (Å²) < 4.78 is 19.6. The summed E-state index contributed by atoms with van der Waals surface area (Å²) in [5.74, 6) is 0.366. The Bertz CT molecular complexity index is 1430. The number of amides is 1. The van der Waals surface area contributed by atoms with E-state index < -0.39 is 17.7 Å². The number of unbranched alkanes of at least 4 members (excludes halogenated alkanes) is 1. The van der Waals surface area contributed by atoms with E-state index in [2.05, 4.69) is 11.9 Å². The molecule has 5 rings (SSSR count). The lowest BCUT2D eigenvalue weighted by Crippen LogP contribution is -2.31. The predicted molar refractivity (Wildman–Crippen MR) is 154 cm³/mol. The molecule has 216 valence electrons. The van der Waals surface area contributed by atoms with Crippen molar-refractivity contribution < 1.29 is 28.9 Å². The monoisotopic (exact) mass is 559 g/mol. The number of aryl methyl sites for hydroxylation is 1. The lowest BCUT2D eigenvalue weighted by Gasteiger charge is -2.26. The highest BCUT2D eigenvalue weighted by Gasteiger charge is 2.46. The number of hydrogen-bond donors (Lipinski definition) is 1. The van der Waals surface area contributed by atoms with Gasteiger partial charge in [-0.25, -0.2) is 4.98 Å². The van der Waals surface area contributed by atoms with Crippen molar-refractivity contribution in [3.63, 3.8) is 0 Å². The van der Waals surface area contributed by atoms with Gasteiger partial charge in [0.15, 0.2) is 11.5 Å². The highest BCUT2D eigenvalue weighted by molar-refractivity contribution is 6.46. The van der Waals surface area contributed by atoms with E-state index in [0.29, 0.717) is 61.8 Å². The number of Topliss-reactive ketones (excluding diaryl/α,β-unsaturated/α-hetero) is 1. The van der Waals surface area contributed by atoms with E-state index in [1.165, 1.54) is 0 Å². The zero-order valence-corrected chi connectivity index (χ0v) is 23.8. The zero-order valence-electron chi connectivity index (χ0n) is 23.8. The zero-order chi connectivity index (χ0) is 28.9. The molecule has 3 aromatic rings. The average molecular weight is 560 g/mol. The number of ether oxygens (including phenoxy) is 3. The van der Waals surface area contributed by atoms with Gasteiger partial charge in [0.1, 0.15) is 17.6 Å². The highest BCUT2D eigenvalue weighted by atomic mass is 16.5. The Morgan fingerprint density at radius 3 is 2.68 bits per heavy atom. The Balaban J connectivity index is 1.54. The summed E-state index contributed by atoms with van der Waals surface area (Å²) in [5, 5.41) is 11.6. The summed E-state index contributed by atoms with van der Waals surface area (Å²) in [6.07, 6.45) is 8.54. The molecule has 2 aliphatic heterocycles. The number of likely N-dealkylation sites (tertiary alicyclic amines) is 1. The Morgan fingerprint density at radius 2 is 1.93 bits per heavy atom. The van der Waals surface area contributed by atoms with Crippen LogP contribution in [-0.2, 0) is 22.6 Å². The van der Waals surface area contributed by atoms with Crippen LogP contribution in [0.5, 0.6) is 17.2 Å². The van der Waals surface area contributed by atoms with Crippen LogP contribution in [0, 0.1) is 0 Å². The van der Waals surface area contributed by atoms with Gasteiger partial charge in [-0.05, 0) is 68.1 Å². The minimum Gasteiger partial charge on any atom is -0.507 e. The fourth-order valence-corrected chi connectivity index (χ4v) is 5.43. The SMILES string of the molecule is CCCCOc1ccc([C@@H]2/C(=C(\O)c3ccc4c(c3)C[C@@H](C)O4)C(=O)C(=O)N2CCCn2ccnc2)cc1OCC. The number of nitrogens with zero attached hydrogens (tertiary/aromatic N) is 3. The lowest BCUT2D eigenvalue weighted by atomic mass is 9.94. The average Bonchev–Trinajstić information content (AvgIpc) is 3.68. The summed E-state index contributed by atoms with van der Waals surface area (Å²) in [4.78, 5) is 32.6. The van der Waals surface area contributed by atoms with Gasteiger partial charge in [0.25, 0.3) is 11.7 Å². The number of imidazole rings is 1. The van der Waals surface area contributed by atoms with Crippen LogP contribution in [0.3, 0.4) is 0 Å². The molecule has 1 saturated heterocycles. The number of aliphatic hydroxyl groups is 1. The second kappa shape index (κ2) is 12.5. The number of aromatic nitrogens is 2. The number of benzene rings is 2. The number of aliphatic hydroxyl groups excluding tert-OH is 1. The van der Waals surface area contributed by atoms with E-state index in [-0.39, 0.29) is 17.4 Å². The molecule has 0 saturated carbocycles. The van der Waals surface area contributed by atoms with Crippen molar-refractivity contribution in [2.24, 2.45) is 0 Å². The van der Waals surface area contributed by atoms with Gasteiger partial charge in [-0.1, -0.05) is 19.4 Å². The molecular formula is C32H37N3O6. The number of hydrogen-bond acceptors (Lipinski definition) is 7. The van der Waals surface area contributed by atoms with Crippen LogP contribution in [0.15, 0.2) is 60.7 Å². The van der Waals surface area contributed by atoms with Crippen LogP contribution in [-0.4, -0.2) is 57.1 Å². The first-order valence-electron chi connectivity index (χ1n) is 14.3. The van der Waals surface area contributed by atoms with E-state index >= 15 is 0 Å². The van der Waals surface area contributed by atoms with Crippen LogP contribution >= 0.6 is 0 Å². The van der Waals surface area contributed by atoms with E-state index in [4.69, 9.17) is 14.2 Å². The van der Waals surface area contributed by atoms with Crippen molar-refractivity contribution in [1.29, 1.82) is 0 Å². The van der Waals surface area contributed by atoms with Gasteiger partial charge < -0.3 is 28.8 Å². The van der Waals surface area contributed by atoms with Gasteiger partial charge in [0.05, 0.1) is 31.2 Å². The van der Waals surface area contributed by atoms with Crippen LogP contribution in [0.1, 0.15) is 62.8 Å². The van der Waals surface area contributed by atoms with Crippen LogP contribution in [0.25, 0.3) is 5.76 Å². The standard InChI is InChI=1S/C32H37N3O6/c1-4-6-16-40-26-11-8-22(19-27(26)39-5-2)29-28(30(36)23-9-10-25-24(18-23)17-21(3)41-25)31(37)32(38)35(29)14-7-13-34-15-12-33-20-34/h8-12,15,18-21,29,36H,4-7,13-14,16-17H2,1-3H3/b30-28+/t21-,29-/m1/s1. The summed E-state index contributed by atoms with van der Waals surface area (Å²) in [7, 11) is 0. The van der Waals surface area contributed by atoms with Crippen molar-refractivity contribution in [3.8, 4) is 17.2 Å². The van der Waals surface area contributed by atoms with Gasteiger partial charge in [0.2, 0.25) is 0 Å². The molecule has 0 bridgehead atoms. The normalized spacial score (nSPS) is 19.3. The van der Waals surface area contributed by atoms with Gasteiger partial charge in [-0.2, -0.15) is 0 Å². The Hall–Kier alpha value is -4.27. The molecule has 0 radical (unpaired) electrons. The molecule has 2 atom stereocenters. The summed E-state index contributed by atoms with van der Waals surface area (Å²) in [5.41, 5.74) is 2.16. The number of carbonyl (C=O) groups excluding carboxylic acids is 2. The maximum absolute atomic E-state index is 13.5. The molecule has 9 nitrogen and oxygen atoms in total. The first-order valence-corrected chi connectivity index (χ1v) is 14.3. The predicted octanol–water partition coefficient (Wildman–Crippen LogP) is 5.30. The Morgan fingerprint density at radius 1 is 1.07 bits per heavy atom. The lowest BCUT2D eigenvalue weighted by molar-refractivity contribution is -0.139. The summed E-state index contributed by atoms with van der Waals surface area (Å²) >= 11 is 0. The number of rotatable bonds is 12. The first-order chi connectivity index (χ1) is 19.9. The molecular weight excluding hydrogens is 522 g/mol. The van der Waals surface area contributed by atoms with Crippen molar-refractivity contribution in [3.05, 3.63) is 77.4 Å². The molecule has 3 heterocycles. The summed E-state index contributed by atoms with van der Waals surface area (Å²) in [6.45, 7) is 7.91. The fourth-order valence-electron chi connectivity index (χ4n) is 5.43. The van der Waals surface area contributed by atoms with Gasteiger partial charge >= 0.3 is 0 Å². The molecule has 41 heavy (non-hydrogen) atoms. The second-order valence-corrected chi connectivity index (χ2v) is 10.4. The molecule has 0 aliphatic carbocycles. The molecule has 1 fully saturated rings. The fraction of sp³-hybridized carbons (Fsp3) is 0.406. The number of ketones is 1. The molecule has 1 aromatic heterocycles. The molecule has 1 amide bonds. The van der Waals surface area contributed by atoms with Crippen molar-refractivity contribution in [2.45, 2.75) is 65.1 Å². The Kier molecular flexibility index (Phi) is 8.61. The second-order valence-electron chi connectivity index (χ2n) is 10.4. The van der Waals surface area contributed by atoms with Gasteiger partial charge in [-0.3, -0.25) is 9.59 Å². The summed E-state index contributed by atoms with van der Waals surface area (Å²) in [6, 6.07) is 10.1. The van der Waals surface area contributed by atoms with Gasteiger partial charge in [-0.15, -0.1) is 0 Å². The molecule has 1 N–H and O–H groups in total. The minimum atomic E-state index is -0.787. The quantitative estimate of drug-likeness (QED) is 0.139. The number of fused-ring (bicyclic) bond motifs is 1. The molecule has 2 aliphatic rings. The highest BCUT2D eigenvalue weighted by Crippen LogP contribution is 2.43. The van der Waals surface area contributed by atoms with Crippen molar-refractivity contribution in [1.82, 2.24) is 14.5 Å². The molecule has 0 spiro atoms. The first kappa shape index (κ1) is 28.3. The third-order valence-electron chi connectivity index (χ3n) is 7.42. The van der Waals surface area contributed by atoms with E-state index in [9.17, 15) is 14.7 Å². The van der Waals surface area contributed by atoms with Crippen LogP contribution in [0.2, 0.25) is 0 Å². The maximum Gasteiger partial charge on any atom is 0.295 e. The Labute approximate surface area is 240 Å². The maximum atomic E-state index is 13.5. The molecule has 0 unspecified atom stereocenters. The van der Waals surface area contributed by atoms with Crippen molar-refractivity contribution >= 4 is 17.4 Å². The van der Waals surface area contributed by atoms with Crippen LogP contribution in [0.4, 0.5) is 0 Å². The van der Waals surface area contributed by atoms with E-state index in [1.807, 2.05) is 48.9 Å². The largest absolute Gasteiger partial charge is 0.507 e. The smallest absolute Gasteiger partial charge is 0.295 e. The third-order valence-corrected chi connectivity index (χ3v) is 7.42. The number of carbonyl (C=O) groups is 2. The van der Waals surface area contributed by atoms with Crippen LogP contribution < -0.4 is 14.2 Å². The topological polar surface area (TPSA) is 103 Å².